The Morgan fingerprint density at radius 3 is 2.49 bits per heavy atom. The number of H-pyrrole nitrogens is 1. The van der Waals surface area contributed by atoms with Crippen LogP contribution in [0.1, 0.15) is 42.7 Å². The molecular weight excluding hydrogens is 486 g/mol. The second-order valence-corrected chi connectivity index (χ2v) is 8.27. The van der Waals surface area contributed by atoms with E-state index in [4.69, 9.17) is 5.73 Å². The van der Waals surface area contributed by atoms with Crippen molar-refractivity contribution in [3.05, 3.63) is 52.1 Å². The number of rotatable bonds is 10. The fourth-order valence-corrected chi connectivity index (χ4v) is 3.03. The smallest absolute Gasteiger partial charge is 0.326 e. The van der Waals surface area contributed by atoms with E-state index in [1.807, 2.05) is 0 Å². The molecule has 0 saturated carbocycles. The van der Waals surface area contributed by atoms with Crippen LogP contribution in [0.2, 0.25) is 0 Å². The second kappa shape index (κ2) is 11.7. The minimum Gasteiger partial charge on any atom is -0.480 e. The van der Waals surface area contributed by atoms with Crippen molar-refractivity contribution in [2.75, 3.05) is 11.1 Å². The number of nitrogens with one attached hydrogen (secondary N) is 3. The van der Waals surface area contributed by atoms with Crippen LogP contribution in [0, 0.1) is 5.92 Å². The first-order valence-electron chi connectivity index (χ1n) is 11.2. The first-order chi connectivity index (χ1) is 17.5. The van der Waals surface area contributed by atoms with Crippen molar-refractivity contribution in [3.63, 3.8) is 0 Å². The quantitative estimate of drug-likeness (QED) is 0.186. The van der Waals surface area contributed by atoms with Gasteiger partial charge in [0.2, 0.25) is 5.95 Å². The fourth-order valence-electron chi connectivity index (χ4n) is 3.03. The van der Waals surface area contributed by atoms with Crippen LogP contribution in [0.4, 0.5) is 11.6 Å². The average molecular weight is 511 g/mol. The van der Waals surface area contributed by atoms with Crippen molar-refractivity contribution < 1.29 is 29.0 Å². The van der Waals surface area contributed by atoms with Crippen molar-refractivity contribution in [1.82, 2.24) is 25.3 Å². The Hall–Kier alpha value is -4.88. The van der Waals surface area contributed by atoms with Crippen molar-refractivity contribution in [3.8, 4) is 0 Å². The predicted molar refractivity (Wildman–Crippen MR) is 130 cm³/mol. The number of anilines is 2. The summed E-state index contributed by atoms with van der Waals surface area (Å²) < 4.78 is 4.61. The summed E-state index contributed by atoms with van der Waals surface area (Å²) >= 11 is 0. The molecule has 0 bridgehead atoms. The van der Waals surface area contributed by atoms with Gasteiger partial charge < -0.3 is 26.2 Å². The number of carboxylic acid groups (broad SMARTS) is 1. The highest BCUT2D eigenvalue weighted by Crippen LogP contribution is 2.12. The molecule has 14 heteroatoms. The maximum absolute atomic E-state index is 12.5. The number of aliphatic carboxylic acids is 1. The molecule has 0 unspecified atom stereocenters. The molecule has 37 heavy (non-hydrogen) atoms. The van der Waals surface area contributed by atoms with Gasteiger partial charge in [0, 0.05) is 17.7 Å². The Labute approximate surface area is 209 Å². The summed E-state index contributed by atoms with van der Waals surface area (Å²) in [4.78, 5) is 73.8. The number of carbonyl (C=O) groups excluding carboxylic acids is 3. The summed E-state index contributed by atoms with van der Waals surface area (Å²) in [5.41, 5.74) is 6.43. The molecule has 14 nitrogen and oxygen atoms in total. The number of aromatic amines is 1. The normalized spacial score (nSPS) is 11.6. The van der Waals surface area contributed by atoms with Gasteiger partial charge in [0.05, 0.1) is 24.4 Å². The van der Waals surface area contributed by atoms with E-state index in [9.17, 15) is 29.1 Å². The molecule has 0 fully saturated rings. The summed E-state index contributed by atoms with van der Waals surface area (Å²) in [6.07, 6.45) is 0.845. The number of amides is 1. The monoisotopic (exact) mass is 511 g/mol. The topological polar surface area (TPSA) is 219 Å². The number of aromatic nitrogens is 4. The molecule has 6 N–H and O–H groups in total. The highest BCUT2D eigenvalue weighted by molar-refractivity contribution is 5.97. The van der Waals surface area contributed by atoms with Crippen molar-refractivity contribution in [2.24, 2.45) is 5.92 Å². The summed E-state index contributed by atoms with van der Waals surface area (Å²) in [6.45, 7) is 3.34. The van der Waals surface area contributed by atoms with E-state index < -0.39 is 41.3 Å². The zero-order chi connectivity index (χ0) is 27.1. The summed E-state index contributed by atoms with van der Waals surface area (Å²) in [7, 11) is 0. The third kappa shape index (κ3) is 7.30. The SMILES string of the molecule is CC(C)C(=O)OC(=O)CC[C@H](NC(=O)c1ccc(NCc2cnc3nc(N)[nH]c(=O)c3n2)cc1)C(=O)O. The van der Waals surface area contributed by atoms with Crippen LogP contribution in [0.5, 0.6) is 0 Å². The third-order valence-electron chi connectivity index (χ3n) is 5.03. The number of fused-ring (bicyclic) bond motifs is 1. The molecule has 0 radical (unpaired) electrons. The molecule has 3 rings (SSSR count). The molecule has 3 aromatic rings. The molecule has 2 heterocycles. The van der Waals surface area contributed by atoms with Crippen LogP contribution in [-0.2, 0) is 25.7 Å². The molecule has 0 aliphatic rings. The van der Waals surface area contributed by atoms with Crippen LogP contribution < -0.4 is 21.9 Å². The van der Waals surface area contributed by atoms with Crippen LogP contribution in [0.25, 0.3) is 11.2 Å². The lowest BCUT2D eigenvalue weighted by Gasteiger charge is -2.14. The van der Waals surface area contributed by atoms with E-state index in [2.05, 4.69) is 35.3 Å². The molecule has 2 aromatic heterocycles. The summed E-state index contributed by atoms with van der Waals surface area (Å²) in [5.74, 6) is -4.12. The number of esters is 2. The molecule has 1 amide bonds. The average Bonchev–Trinajstić information content (AvgIpc) is 2.85. The standard InChI is InChI=1S/C23H25N7O7/c1-11(2)22(36)37-16(31)8-7-15(21(34)35)28-19(32)12-3-5-13(6-4-12)25-9-14-10-26-18-17(27-14)20(33)30-23(24)29-18/h3-6,10-11,15,25H,7-9H2,1-2H3,(H,28,32)(H,34,35)(H3,24,26,29,30,33)/t15-/m0/s1. The minimum absolute atomic E-state index is 0.0493. The number of benzene rings is 1. The van der Waals surface area contributed by atoms with Gasteiger partial charge in [0.15, 0.2) is 11.2 Å². The zero-order valence-corrected chi connectivity index (χ0v) is 20.0. The Morgan fingerprint density at radius 1 is 1.14 bits per heavy atom. The largest absolute Gasteiger partial charge is 0.480 e. The molecule has 194 valence electrons. The van der Waals surface area contributed by atoms with Gasteiger partial charge in [0.1, 0.15) is 6.04 Å². The highest BCUT2D eigenvalue weighted by Gasteiger charge is 2.23. The number of nitrogens with zero attached hydrogens (tertiary/aromatic N) is 3. The van der Waals surface area contributed by atoms with Gasteiger partial charge in [-0.05, 0) is 30.7 Å². The molecule has 0 saturated heterocycles. The lowest BCUT2D eigenvalue weighted by Crippen LogP contribution is -2.41. The van der Waals surface area contributed by atoms with E-state index in [1.54, 1.807) is 26.0 Å². The van der Waals surface area contributed by atoms with Crippen LogP contribution in [0.15, 0.2) is 35.3 Å². The highest BCUT2D eigenvalue weighted by atomic mass is 16.6. The number of nitrogens with two attached hydrogens (primary N) is 1. The van der Waals surface area contributed by atoms with Crippen LogP contribution in [0.3, 0.4) is 0 Å². The number of ether oxygens (including phenoxy) is 1. The molecule has 0 spiro atoms. The molecule has 1 atom stereocenters. The lowest BCUT2D eigenvalue weighted by molar-refractivity contribution is -0.162. The number of hydrogen-bond acceptors (Lipinski definition) is 11. The molecule has 0 aliphatic carbocycles. The fraction of sp³-hybridized carbons (Fsp3) is 0.304. The third-order valence-corrected chi connectivity index (χ3v) is 5.03. The zero-order valence-electron chi connectivity index (χ0n) is 20.0. The first kappa shape index (κ1) is 26.7. The summed E-state index contributed by atoms with van der Waals surface area (Å²) in [5, 5.41) is 14.8. The van der Waals surface area contributed by atoms with E-state index in [1.165, 1.54) is 18.3 Å². The van der Waals surface area contributed by atoms with Gasteiger partial charge in [-0.25, -0.2) is 14.8 Å². The van der Waals surface area contributed by atoms with E-state index in [0.29, 0.717) is 11.4 Å². The lowest BCUT2D eigenvalue weighted by atomic mass is 10.1. The maximum Gasteiger partial charge on any atom is 0.326 e. The van der Waals surface area contributed by atoms with Gasteiger partial charge in [-0.2, -0.15) is 4.98 Å². The number of carbonyl (C=O) groups is 4. The van der Waals surface area contributed by atoms with Crippen LogP contribution in [-0.4, -0.2) is 54.9 Å². The second-order valence-electron chi connectivity index (χ2n) is 8.27. The number of carboxylic acids is 1. The van der Waals surface area contributed by atoms with E-state index >= 15 is 0 Å². The summed E-state index contributed by atoms with van der Waals surface area (Å²) in [6, 6.07) is 4.81. The van der Waals surface area contributed by atoms with Crippen molar-refractivity contribution in [1.29, 1.82) is 0 Å². The van der Waals surface area contributed by atoms with Crippen LogP contribution >= 0.6 is 0 Å². The number of nitrogen functional groups attached to an aromatic ring is 1. The Balaban J connectivity index is 1.56. The Morgan fingerprint density at radius 2 is 1.84 bits per heavy atom. The maximum atomic E-state index is 12.5. The van der Waals surface area contributed by atoms with Gasteiger partial charge in [0.25, 0.3) is 11.5 Å². The van der Waals surface area contributed by atoms with E-state index in [0.717, 1.165) is 0 Å². The Kier molecular flexibility index (Phi) is 8.45. The first-order valence-corrected chi connectivity index (χ1v) is 11.2. The molecular formula is C23H25N7O7. The van der Waals surface area contributed by atoms with Crippen molar-refractivity contribution >= 4 is 46.6 Å². The Bertz CT molecular complexity index is 1390. The molecule has 0 aliphatic heterocycles. The van der Waals surface area contributed by atoms with Gasteiger partial charge in [-0.1, -0.05) is 13.8 Å². The van der Waals surface area contributed by atoms with Gasteiger partial charge in [-0.3, -0.25) is 24.2 Å². The molecule has 1 aromatic carbocycles. The van der Waals surface area contributed by atoms with Gasteiger partial charge in [-0.15, -0.1) is 0 Å². The van der Waals surface area contributed by atoms with E-state index in [-0.39, 0.29) is 42.1 Å². The van der Waals surface area contributed by atoms with Crippen molar-refractivity contribution in [2.45, 2.75) is 39.3 Å². The number of hydrogen-bond donors (Lipinski definition) is 5. The minimum atomic E-state index is -1.36. The van der Waals surface area contributed by atoms with Gasteiger partial charge >= 0.3 is 17.9 Å². The predicted octanol–water partition coefficient (Wildman–Crippen LogP) is 0.596.